The van der Waals surface area contributed by atoms with Crippen LogP contribution in [-0.2, 0) is 0 Å². The van der Waals surface area contributed by atoms with Gasteiger partial charge < -0.3 is 10.2 Å². The van der Waals surface area contributed by atoms with E-state index in [-0.39, 0.29) is 0 Å². The average molecular weight is 304 g/mol. The molecule has 3 rings (SSSR count). The van der Waals surface area contributed by atoms with Gasteiger partial charge >= 0.3 is 0 Å². The second-order valence-corrected chi connectivity index (χ2v) is 6.73. The number of rotatable bonds is 4. The number of nitrogens with zero attached hydrogens (tertiary/aromatic N) is 3. The first kappa shape index (κ1) is 14.6. The second-order valence-electron chi connectivity index (χ2n) is 5.83. The quantitative estimate of drug-likeness (QED) is 0.921. The Morgan fingerprint density at radius 3 is 3.05 bits per heavy atom. The molecule has 21 heavy (non-hydrogen) atoms. The van der Waals surface area contributed by atoms with Gasteiger partial charge in [0, 0.05) is 20.1 Å². The number of hydrogen-bond acceptors (Lipinski definition) is 5. The van der Waals surface area contributed by atoms with Crippen molar-refractivity contribution in [3.63, 3.8) is 0 Å². The van der Waals surface area contributed by atoms with Crippen LogP contribution in [0.5, 0.6) is 0 Å². The van der Waals surface area contributed by atoms with Crippen molar-refractivity contribution in [3.05, 3.63) is 11.4 Å². The third-order valence-electron chi connectivity index (χ3n) is 4.37. The topological polar surface area (TPSA) is 41.1 Å². The van der Waals surface area contributed by atoms with E-state index in [9.17, 15) is 0 Å². The van der Waals surface area contributed by atoms with Crippen molar-refractivity contribution in [1.29, 1.82) is 0 Å². The molecule has 5 heteroatoms. The van der Waals surface area contributed by atoms with Crippen molar-refractivity contribution in [3.8, 4) is 0 Å². The SMILES string of the molecule is CCCC1CCCN(c2nc(NC)nc3sccc23)CC1. The molecule has 0 amide bonds. The molecule has 0 aromatic carbocycles. The van der Waals surface area contributed by atoms with Crippen LogP contribution in [-0.4, -0.2) is 30.1 Å². The Hall–Kier alpha value is -1.36. The summed E-state index contributed by atoms with van der Waals surface area (Å²) in [5, 5.41) is 6.40. The molecule has 1 atom stereocenters. The third kappa shape index (κ3) is 3.12. The van der Waals surface area contributed by atoms with E-state index in [4.69, 9.17) is 4.98 Å². The predicted octanol–water partition coefficient (Wildman–Crippen LogP) is 4.14. The van der Waals surface area contributed by atoms with Crippen LogP contribution in [0.4, 0.5) is 11.8 Å². The van der Waals surface area contributed by atoms with E-state index in [1.807, 2.05) is 7.05 Å². The van der Waals surface area contributed by atoms with E-state index < -0.39 is 0 Å². The lowest BCUT2D eigenvalue weighted by Gasteiger charge is -2.23. The Labute approximate surface area is 130 Å². The Morgan fingerprint density at radius 1 is 1.33 bits per heavy atom. The minimum Gasteiger partial charge on any atom is -0.357 e. The van der Waals surface area contributed by atoms with Crippen LogP contribution in [0, 0.1) is 5.92 Å². The molecule has 1 saturated heterocycles. The molecule has 114 valence electrons. The van der Waals surface area contributed by atoms with E-state index in [0.29, 0.717) is 0 Å². The normalized spacial score (nSPS) is 19.7. The van der Waals surface area contributed by atoms with Crippen LogP contribution in [0.1, 0.15) is 39.0 Å². The van der Waals surface area contributed by atoms with Crippen molar-refractivity contribution in [2.24, 2.45) is 5.92 Å². The minimum absolute atomic E-state index is 0.731. The molecule has 1 unspecified atom stereocenters. The van der Waals surface area contributed by atoms with Crippen LogP contribution in [0.2, 0.25) is 0 Å². The molecule has 0 spiro atoms. The Morgan fingerprint density at radius 2 is 2.24 bits per heavy atom. The van der Waals surface area contributed by atoms with Gasteiger partial charge in [0.2, 0.25) is 5.95 Å². The fourth-order valence-corrected chi connectivity index (χ4v) is 4.03. The first-order chi connectivity index (χ1) is 10.3. The monoisotopic (exact) mass is 304 g/mol. The van der Waals surface area contributed by atoms with Crippen LogP contribution in [0.3, 0.4) is 0 Å². The summed E-state index contributed by atoms with van der Waals surface area (Å²) in [6.07, 6.45) is 6.60. The van der Waals surface area contributed by atoms with E-state index in [1.165, 1.54) is 37.5 Å². The third-order valence-corrected chi connectivity index (χ3v) is 5.18. The molecule has 1 fully saturated rings. The van der Waals surface area contributed by atoms with Crippen molar-refractivity contribution in [1.82, 2.24) is 9.97 Å². The highest BCUT2D eigenvalue weighted by Gasteiger charge is 2.20. The van der Waals surface area contributed by atoms with E-state index in [0.717, 1.165) is 35.6 Å². The smallest absolute Gasteiger partial charge is 0.225 e. The van der Waals surface area contributed by atoms with E-state index in [2.05, 4.69) is 33.6 Å². The minimum atomic E-state index is 0.731. The Balaban J connectivity index is 1.87. The van der Waals surface area contributed by atoms with Gasteiger partial charge in [0.05, 0.1) is 5.39 Å². The van der Waals surface area contributed by atoms with Crippen molar-refractivity contribution < 1.29 is 0 Å². The molecule has 3 heterocycles. The fourth-order valence-electron chi connectivity index (χ4n) is 3.27. The first-order valence-corrected chi connectivity index (χ1v) is 8.87. The Bertz CT molecular complexity index is 595. The summed E-state index contributed by atoms with van der Waals surface area (Å²) < 4.78 is 0. The van der Waals surface area contributed by atoms with Crippen LogP contribution in [0.15, 0.2) is 11.4 Å². The number of anilines is 2. The molecule has 1 N–H and O–H groups in total. The van der Waals surface area contributed by atoms with Gasteiger partial charge in [-0.2, -0.15) is 4.98 Å². The number of hydrogen-bond donors (Lipinski definition) is 1. The summed E-state index contributed by atoms with van der Waals surface area (Å²) >= 11 is 1.69. The van der Waals surface area contributed by atoms with Gasteiger partial charge in [-0.3, -0.25) is 0 Å². The summed E-state index contributed by atoms with van der Waals surface area (Å²) in [5.41, 5.74) is 0. The van der Waals surface area contributed by atoms with Crippen LogP contribution >= 0.6 is 11.3 Å². The summed E-state index contributed by atoms with van der Waals surface area (Å²) in [4.78, 5) is 12.8. The highest BCUT2D eigenvalue weighted by Crippen LogP contribution is 2.31. The Kier molecular flexibility index (Phi) is 4.58. The van der Waals surface area contributed by atoms with Gasteiger partial charge in [0.25, 0.3) is 0 Å². The summed E-state index contributed by atoms with van der Waals surface area (Å²) in [5.74, 6) is 2.74. The van der Waals surface area contributed by atoms with Gasteiger partial charge in [0.15, 0.2) is 0 Å². The van der Waals surface area contributed by atoms with Crippen molar-refractivity contribution in [2.45, 2.75) is 39.0 Å². The van der Waals surface area contributed by atoms with Crippen LogP contribution in [0.25, 0.3) is 10.2 Å². The molecule has 1 aliphatic rings. The lowest BCUT2D eigenvalue weighted by atomic mass is 9.96. The van der Waals surface area contributed by atoms with Crippen molar-refractivity contribution >= 4 is 33.3 Å². The lowest BCUT2D eigenvalue weighted by Crippen LogP contribution is -2.25. The zero-order valence-corrected chi connectivity index (χ0v) is 13.7. The van der Waals surface area contributed by atoms with E-state index in [1.54, 1.807) is 11.3 Å². The van der Waals surface area contributed by atoms with Gasteiger partial charge in [-0.15, -0.1) is 11.3 Å². The highest BCUT2D eigenvalue weighted by atomic mass is 32.1. The van der Waals surface area contributed by atoms with Gasteiger partial charge in [-0.25, -0.2) is 4.98 Å². The maximum atomic E-state index is 4.74. The lowest BCUT2D eigenvalue weighted by molar-refractivity contribution is 0.435. The molecular formula is C16H24N4S. The average Bonchev–Trinajstić information content (AvgIpc) is 2.86. The highest BCUT2D eigenvalue weighted by molar-refractivity contribution is 7.16. The maximum Gasteiger partial charge on any atom is 0.225 e. The number of fused-ring (bicyclic) bond motifs is 1. The summed E-state index contributed by atoms with van der Waals surface area (Å²) in [6.45, 7) is 4.53. The largest absolute Gasteiger partial charge is 0.357 e. The molecule has 1 aliphatic heterocycles. The number of nitrogens with one attached hydrogen (secondary N) is 1. The number of thiophene rings is 1. The fraction of sp³-hybridized carbons (Fsp3) is 0.625. The molecule has 0 saturated carbocycles. The zero-order chi connectivity index (χ0) is 14.7. The molecule has 2 aromatic heterocycles. The molecule has 0 bridgehead atoms. The maximum absolute atomic E-state index is 4.74. The molecule has 0 aliphatic carbocycles. The molecule has 0 radical (unpaired) electrons. The predicted molar refractivity (Wildman–Crippen MR) is 91.4 cm³/mol. The zero-order valence-electron chi connectivity index (χ0n) is 12.9. The van der Waals surface area contributed by atoms with Gasteiger partial charge in [0.1, 0.15) is 10.6 Å². The molecule has 2 aromatic rings. The van der Waals surface area contributed by atoms with Gasteiger partial charge in [-0.05, 0) is 36.6 Å². The standard InChI is InChI=1S/C16H24N4S/c1-3-5-12-6-4-9-20(10-7-12)14-13-8-11-21-15(13)19-16(17-2)18-14/h8,11-12H,3-7,9-10H2,1-2H3,(H,17,18,19). The summed E-state index contributed by atoms with van der Waals surface area (Å²) in [7, 11) is 1.89. The van der Waals surface area contributed by atoms with Crippen LogP contribution < -0.4 is 10.2 Å². The first-order valence-electron chi connectivity index (χ1n) is 7.99. The molecule has 4 nitrogen and oxygen atoms in total. The van der Waals surface area contributed by atoms with E-state index >= 15 is 0 Å². The second kappa shape index (κ2) is 6.60. The number of aromatic nitrogens is 2. The molecular weight excluding hydrogens is 280 g/mol. The van der Waals surface area contributed by atoms with Crippen molar-refractivity contribution in [2.75, 3.05) is 30.4 Å². The summed E-state index contributed by atoms with van der Waals surface area (Å²) in [6, 6.07) is 2.16. The van der Waals surface area contributed by atoms with Gasteiger partial charge in [-0.1, -0.05) is 19.8 Å².